The Bertz CT molecular complexity index is 527. The van der Waals surface area contributed by atoms with E-state index in [1.165, 1.54) is 10.4 Å². The average Bonchev–Trinajstić information content (AvgIpc) is 2.82. The van der Waals surface area contributed by atoms with E-state index in [0.717, 1.165) is 29.7 Å². The van der Waals surface area contributed by atoms with Gasteiger partial charge < -0.3 is 10.2 Å². The maximum Gasteiger partial charge on any atom is 0.0931 e. The summed E-state index contributed by atoms with van der Waals surface area (Å²) >= 11 is 7.59. The topological polar surface area (TPSA) is 28.2 Å². The van der Waals surface area contributed by atoms with Gasteiger partial charge in [-0.05, 0) is 30.3 Å². The highest BCUT2D eigenvalue weighted by Gasteiger charge is 2.09. The van der Waals surface area contributed by atoms with Crippen molar-refractivity contribution in [2.45, 2.75) is 20.0 Å². The molecule has 5 heteroatoms. The van der Waals surface area contributed by atoms with E-state index in [4.69, 9.17) is 11.6 Å². The summed E-state index contributed by atoms with van der Waals surface area (Å²) in [6, 6.07) is 6.08. The van der Waals surface area contributed by atoms with E-state index in [1.54, 1.807) is 11.3 Å². The number of pyridine rings is 1. The molecule has 2 rings (SSSR count). The van der Waals surface area contributed by atoms with Crippen LogP contribution in [0.3, 0.4) is 0 Å². The van der Waals surface area contributed by atoms with Gasteiger partial charge in [0.1, 0.15) is 0 Å². The highest BCUT2D eigenvalue weighted by molar-refractivity contribution is 7.16. The Morgan fingerprint density at radius 1 is 1.37 bits per heavy atom. The minimum atomic E-state index is 0.836. The van der Waals surface area contributed by atoms with Gasteiger partial charge in [0.15, 0.2) is 0 Å². The number of nitrogens with one attached hydrogen (secondary N) is 1. The lowest BCUT2D eigenvalue weighted by molar-refractivity contribution is 0.722. The Morgan fingerprint density at radius 2 is 2.21 bits per heavy atom. The van der Waals surface area contributed by atoms with Gasteiger partial charge >= 0.3 is 0 Å². The van der Waals surface area contributed by atoms with Crippen molar-refractivity contribution in [2.75, 3.05) is 18.5 Å². The first kappa shape index (κ1) is 14.3. The zero-order valence-corrected chi connectivity index (χ0v) is 12.8. The molecule has 0 atom stereocenters. The molecule has 0 aromatic carbocycles. The minimum absolute atomic E-state index is 0.836. The Hall–Kier alpha value is -1.10. The van der Waals surface area contributed by atoms with Gasteiger partial charge in [-0.3, -0.25) is 4.98 Å². The fraction of sp³-hybridized carbons (Fsp3) is 0.357. The van der Waals surface area contributed by atoms with Gasteiger partial charge in [-0.1, -0.05) is 18.5 Å². The first-order valence-electron chi connectivity index (χ1n) is 6.29. The third kappa shape index (κ3) is 3.93. The van der Waals surface area contributed by atoms with Gasteiger partial charge in [0.2, 0.25) is 0 Å². The smallest absolute Gasteiger partial charge is 0.0931 e. The molecule has 0 saturated carbocycles. The summed E-state index contributed by atoms with van der Waals surface area (Å²) in [6.45, 7) is 4.79. The van der Waals surface area contributed by atoms with Crippen molar-refractivity contribution in [1.82, 2.24) is 10.3 Å². The molecular formula is C14H18ClN3S. The summed E-state index contributed by atoms with van der Waals surface area (Å²) in [5.41, 5.74) is 2.43. The van der Waals surface area contributed by atoms with E-state index in [2.05, 4.69) is 41.3 Å². The molecule has 0 aliphatic heterocycles. The first-order chi connectivity index (χ1) is 9.20. The molecule has 1 N–H and O–H groups in total. The summed E-state index contributed by atoms with van der Waals surface area (Å²) in [6.07, 6.45) is 3.76. The van der Waals surface area contributed by atoms with Gasteiger partial charge in [0, 0.05) is 24.7 Å². The molecule has 0 fully saturated rings. The van der Waals surface area contributed by atoms with E-state index in [1.807, 2.05) is 18.5 Å². The Morgan fingerprint density at radius 3 is 2.89 bits per heavy atom. The summed E-state index contributed by atoms with van der Waals surface area (Å²) in [7, 11) is 2.08. The monoisotopic (exact) mass is 295 g/mol. The fourth-order valence-corrected chi connectivity index (χ4v) is 3.06. The van der Waals surface area contributed by atoms with Crippen LogP contribution in [0.25, 0.3) is 0 Å². The Labute approximate surface area is 123 Å². The number of hydrogen-bond donors (Lipinski definition) is 1. The number of hydrogen-bond acceptors (Lipinski definition) is 4. The molecule has 0 unspecified atom stereocenters. The zero-order valence-electron chi connectivity index (χ0n) is 11.2. The maximum atomic E-state index is 5.97. The van der Waals surface area contributed by atoms with E-state index >= 15 is 0 Å². The van der Waals surface area contributed by atoms with E-state index < -0.39 is 0 Å². The van der Waals surface area contributed by atoms with Crippen molar-refractivity contribution in [3.8, 4) is 0 Å². The van der Waals surface area contributed by atoms with Crippen LogP contribution < -0.4 is 10.2 Å². The van der Waals surface area contributed by atoms with Crippen LogP contribution in [-0.4, -0.2) is 18.6 Å². The van der Waals surface area contributed by atoms with Gasteiger partial charge in [-0.15, -0.1) is 11.3 Å². The second kappa shape index (κ2) is 6.89. The number of halogens is 1. The van der Waals surface area contributed by atoms with Crippen LogP contribution in [0.4, 0.5) is 5.69 Å². The Balaban J connectivity index is 2.11. The van der Waals surface area contributed by atoms with Crippen LogP contribution in [0.15, 0.2) is 30.6 Å². The molecule has 0 radical (unpaired) electrons. The third-order valence-electron chi connectivity index (χ3n) is 2.89. The van der Waals surface area contributed by atoms with E-state index in [-0.39, 0.29) is 0 Å². The third-order valence-corrected chi connectivity index (χ3v) is 4.10. The lowest BCUT2D eigenvalue weighted by atomic mass is 10.2. The molecule has 3 nitrogen and oxygen atoms in total. The summed E-state index contributed by atoms with van der Waals surface area (Å²) < 4.78 is 0.836. The standard InChI is InChI=1S/C14H18ClN3S/c1-3-16-8-11-6-7-17-9-13(11)18(2)10-12-4-5-14(15)19-12/h4-7,9,16H,3,8,10H2,1-2H3. The van der Waals surface area contributed by atoms with Crippen molar-refractivity contribution in [3.63, 3.8) is 0 Å². The van der Waals surface area contributed by atoms with Crippen LogP contribution in [0.1, 0.15) is 17.4 Å². The van der Waals surface area contributed by atoms with Crippen LogP contribution >= 0.6 is 22.9 Å². The second-order valence-corrected chi connectivity index (χ2v) is 6.15. The van der Waals surface area contributed by atoms with Crippen LogP contribution in [0, 0.1) is 0 Å². The largest absolute Gasteiger partial charge is 0.368 e. The molecule has 2 aromatic heterocycles. The van der Waals surface area contributed by atoms with Crippen molar-refractivity contribution in [1.29, 1.82) is 0 Å². The molecule has 0 saturated heterocycles. The molecule has 2 heterocycles. The normalized spacial score (nSPS) is 10.7. The van der Waals surface area contributed by atoms with Crippen molar-refractivity contribution in [2.24, 2.45) is 0 Å². The lowest BCUT2D eigenvalue weighted by Gasteiger charge is -2.21. The average molecular weight is 296 g/mol. The number of rotatable bonds is 6. The minimum Gasteiger partial charge on any atom is -0.368 e. The Kier molecular flexibility index (Phi) is 5.19. The van der Waals surface area contributed by atoms with Crippen LogP contribution in [-0.2, 0) is 13.1 Å². The predicted molar refractivity (Wildman–Crippen MR) is 83.1 cm³/mol. The molecule has 0 aliphatic rings. The quantitative estimate of drug-likeness (QED) is 0.883. The van der Waals surface area contributed by atoms with E-state index in [9.17, 15) is 0 Å². The van der Waals surface area contributed by atoms with Crippen LogP contribution in [0.5, 0.6) is 0 Å². The highest BCUT2D eigenvalue weighted by atomic mass is 35.5. The number of thiophene rings is 1. The number of aromatic nitrogens is 1. The van der Waals surface area contributed by atoms with Crippen molar-refractivity contribution >= 4 is 28.6 Å². The van der Waals surface area contributed by atoms with Crippen molar-refractivity contribution < 1.29 is 0 Å². The number of nitrogens with zero attached hydrogens (tertiary/aromatic N) is 2. The summed E-state index contributed by atoms with van der Waals surface area (Å²) in [5, 5.41) is 3.35. The molecule has 0 amide bonds. The first-order valence-corrected chi connectivity index (χ1v) is 7.49. The van der Waals surface area contributed by atoms with Crippen LogP contribution in [0.2, 0.25) is 4.34 Å². The maximum absolute atomic E-state index is 5.97. The van der Waals surface area contributed by atoms with Gasteiger partial charge in [-0.25, -0.2) is 0 Å². The lowest BCUT2D eigenvalue weighted by Crippen LogP contribution is -2.20. The molecule has 19 heavy (non-hydrogen) atoms. The summed E-state index contributed by atoms with van der Waals surface area (Å²) in [4.78, 5) is 7.69. The molecule has 0 aliphatic carbocycles. The zero-order chi connectivity index (χ0) is 13.7. The highest BCUT2D eigenvalue weighted by Crippen LogP contribution is 2.25. The summed E-state index contributed by atoms with van der Waals surface area (Å²) in [5.74, 6) is 0. The van der Waals surface area contributed by atoms with Gasteiger partial charge in [0.05, 0.1) is 22.8 Å². The predicted octanol–water partition coefficient (Wildman–Crippen LogP) is 3.54. The molecule has 0 bridgehead atoms. The SMILES string of the molecule is CCNCc1ccncc1N(C)Cc1ccc(Cl)s1. The van der Waals surface area contributed by atoms with E-state index in [0.29, 0.717) is 0 Å². The second-order valence-electron chi connectivity index (χ2n) is 4.35. The van der Waals surface area contributed by atoms with Gasteiger partial charge in [-0.2, -0.15) is 0 Å². The molecule has 2 aromatic rings. The molecule has 0 spiro atoms. The fourth-order valence-electron chi connectivity index (χ4n) is 1.92. The molecular weight excluding hydrogens is 278 g/mol. The van der Waals surface area contributed by atoms with Gasteiger partial charge in [0.25, 0.3) is 0 Å². The van der Waals surface area contributed by atoms with Crippen molar-refractivity contribution in [3.05, 3.63) is 45.4 Å². The number of anilines is 1. The molecule has 102 valence electrons.